The van der Waals surface area contributed by atoms with Gasteiger partial charge in [-0.1, -0.05) is 13.8 Å². The van der Waals surface area contributed by atoms with Crippen molar-refractivity contribution in [3.05, 3.63) is 0 Å². The molecular formula is C11H25NO3. The van der Waals surface area contributed by atoms with E-state index in [2.05, 4.69) is 18.7 Å². The second-order valence-electron chi connectivity index (χ2n) is 3.40. The van der Waals surface area contributed by atoms with Gasteiger partial charge in [-0.15, -0.1) is 0 Å². The Bertz CT molecular complexity index is 129. The first-order valence-corrected chi connectivity index (χ1v) is 5.59. The Morgan fingerprint density at radius 1 is 0.933 bits per heavy atom. The minimum Gasteiger partial charge on any atom is -0.383 e. The Morgan fingerprint density at radius 2 is 1.60 bits per heavy atom. The van der Waals surface area contributed by atoms with E-state index in [0.717, 1.165) is 13.1 Å². The summed E-state index contributed by atoms with van der Waals surface area (Å²) >= 11 is 0. The molecule has 92 valence electrons. The van der Waals surface area contributed by atoms with Crippen LogP contribution in [0.1, 0.15) is 13.8 Å². The first kappa shape index (κ1) is 14.8. The summed E-state index contributed by atoms with van der Waals surface area (Å²) in [5, 5.41) is 0. The molecule has 1 unspecified atom stereocenters. The average molecular weight is 219 g/mol. The normalized spacial score (nSPS) is 13.4. The fraction of sp³-hybridized carbons (Fsp3) is 1.00. The summed E-state index contributed by atoms with van der Waals surface area (Å²) in [5.74, 6) is 0. The smallest absolute Gasteiger partial charge is 0.0701 e. The van der Waals surface area contributed by atoms with E-state index in [1.165, 1.54) is 0 Å². The molecule has 0 spiro atoms. The van der Waals surface area contributed by atoms with Gasteiger partial charge in [0.1, 0.15) is 0 Å². The van der Waals surface area contributed by atoms with Gasteiger partial charge in [0.05, 0.1) is 32.5 Å². The third-order valence-corrected chi connectivity index (χ3v) is 2.43. The maximum absolute atomic E-state index is 5.53. The van der Waals surface area contributed by atoms with Gasteiger partial charge in [-0.2, -0.15) is 0 Å². The second-order valence-corrected chi connectivity index (χ2v) is 3.40. The zero-order chi connectivity index (χ0) is 11.5. The Labute approximate surface area is 93.5 Å². The van der Waals surface area contributed by atoms with Gasteiger partial charge < -0.3 is 14.2 Å². The zero-order valence-electron chi connectivity index (χ0n) is 10.5. The molecule has 0 amide bonds. The molecule has 15 heavy (non-hydrogen) atoms. The summed E-state index contributed by atoms with van der Waals surface area (Å²) in [6.45, 7) is 9.09. The molecule has 0 aromatic carbocycles. The highest BCUT2D eigenvalue weighted by Crippen LogP contribution is 2.00. The molecule has 0 heterocycles. The summed E-state index contributed by atoms with van der Waals surface area (Å²) in [4.78, 5) is 2.34. The van der Waals surface area contributed by atoms with Crippen LogP contribution in [0.25, 0.3) is 0 Å². The molecule has 0 rings (SSSR count). The molecule has 0 aliphatic rings. The Hall–Kier alpha value is -0.160. The van der Waals surface area contributed by atoms with Crippen molar-refractivity contribution in [1.82, 2.24) is 4.90 Å². The number of methoxy groups -OCH3 is 2. The van der Waals surface area contributed by atoms with E-state index in [0.29, 0.717) is 32.5 Å². The lowest BCUT2D eigenvalue weighted by molar-refractivity contribution is 0.00557. The summed E-state index contributed by atoms with van der Waals surface area (Å²) in [6.07, 6.45) is 0. The maximum atomic E-state index is 5.53. The Morgan fingerprint density at radius 3 is 2.07 bits per heavy atom. The minimum atomic E-state index is 0.349. The molecule has 0 aromatic heterocycles. The van der Waals surface area contributed by atoms with Crippen molar-refractivity contribution in [2.24, 2.45) is 0 Å². The summed E-state index contributed by atoms with van der Waals surface area (Å²) in [7, 11) is 3.41. The van der Waals surface area contributed by atoms with Crippen LogP contribution >= 0.6 is 0 Å². The molecule has 0 saturated heterocycles. The predicted octanol–water partition coefficient (Wildman–Crippen LogP) is 1.01. The van der Waals surface area contributed by atoms with E-state index in [9.17, 15) is 0 Å². The van der Waals surface area contributed by atoms with Crippen molar-refractivity contribution < 1.29 is 14.2 Å². The van der Waals surface area contributed by atoms with Gasteiger partial charge in [-0.3, -0.25) is 4.90 Å². The topological polar surface area (TPSA) is 30.9 Å². The van der Waals surface area contributed by atoms with Gasteiger partial charge in [0.2, 0.25) is 0 Å². The fourth-order valence-electron chi connectivity index (χ4n) is 1.55. The molecule has 0 saturated carbocycles. The van der Waals surface area contributed by atoms with Crippen LogP contribution in [0, 0.1) is 0 Å². The van der Waals surface area contributed by atoms with Crippen molar-refractivity contribution in [2.75, 3.05) is 53.7 Å². The standard InChI is InChI=1S/C11H25NO3/c1-5-12(6-2)11(9-14-4)10-15-8-7-13-3/h11H,5-10H2,1-4H3. The van der Waals surface area contributed by atoms with Gasteiger partial charge in [0.25, 0.3) is 0 Å². The van der Waals surface area contributed by atoms with Gasteiger partial charge in [-0.25, -0.2) is 0 Å². The van der Waals surface area contributed by atoms with Crippen molar-refractivity contribution in [2.45, 2.75) is 19.9 Å². The molecule has 0 bridgehead atoms. The number of ether oxygens (including phenoxy) is 3. The van der Waals surface area contributed by atoms with Gasteiger partial charge in [-0.05, 0) is 13.1 Å². The van der Waals surface area contributed by atoms with Crippen molar-refractivity contribution >= 4 is 0 Å². The SMILES string of the molecule is CCN(CC)C(COC)COCCOC. The van der Waals surface area contributed by atoms with Crippen LogP contribution in [-0.4, -0.2) is 64.7 Å². The van der Waals surface area contributed by atoms with Gasteiger partial charge >= 0.3 is 0 Å². The number of hydrogen-bond acceptors (Lipinski definition) is 4. The molecule has 0 radical (unpaired) electrons. The fourth-order valence-corrected chi connectivity index (χ4v) is 1.55. The lowest BCUT2D eigenvalue weighted by atomic mass is 10.3. The summed E-state index contributed by atoms with van der Waals surface area (Å²) in [5.41, 5.74) is 0. The van der Waals surface area contributed by atoms with Crippen LogP contribution in [0.2, 0.25) is 0 Å². The zero-order valence-corrected chi connectivity index (χ0v) is 10.5. The molecule has 0 N–H and O–H groups in total. The lowest BCUT2D eigenvalue weighted by Gasteiger charge is -2.28. The van der Waals surface area contributed by atoms with E-state index in [1.807, 2.05) is 0 Å². The van der Waals surface area contributed by atoms with E-state index in [4.69, 9.17) is 14.2 Å². The van der Waals surface area contributed by atoms with Crippen molar-refractivity contribution in [3.8, 4) is 0 Å². The van der Waals surface area contributed by atoms with Crippen molar-refractivity contribution in [1.29, 1.82) is 0 Å². The monoisotopic (exact) mass is 219 g/mol. The van der Waals surface area contributed by atoms with E-state index >= 15 is 0 Å². The highest BCUT2D eigenvalue weighted by atomic mass is 16.5. The Kier molecular flexibility index (Phi) is 10.3. The highest BCUT2D eigenvalue weighted by Gasteiger charge is 2.15. The minimum absolute atomic E-state index is 0.349. The maximum Gasteiger partial charge on any atom is 0.0701 e. The molecular weight excluding hydrogens is 194 g/mol. The predicted molar refractivity (Wildman–Crippen MR) is 61.3 cm³/mol. The number of likely N-dealkylation sites (N-methyl/N-ethyl adjacent to an activating group) is 1. The molecule has 4 nitrogen and oxygen atoms in total. The Balaban J connectivity index is 3.80. The van der Waals surface area contributed by atoms with E-state index in [1.54, 1.807) is 14.2 Å². The quantitative estimate of drug-likeness (QED) is 0.513. The van der Waals surface area contributed by atoms with Crippen LogP contribution in [0.4, 0.5) is 0 Å². The van der Waals surface area contributed by atoms with E-state index < -0.39 is 0 Å². The molecule has 0 aliphatic carbocycles. The first-order chi connectivity index (χ1) is 7.29. The number of hydrogen-bond donors (Lipinski definition) is 0. The number of rotatable bonds is 10. The van der Waals surface area contributed by atoms with Crippen LogP contribution < -0.4 is 0 Å². The number of nitrogens with zero attached hydrogens (tertiary/aromatic N) is 1. The van der Waals surface area contributed by atoms with Crippen LogP contribution in [0.15, 0.2) is 0 Å². The van der Waals surface area contributed by atoms with Gasteiger partial charge in [0.15, 0.2) is 0 Å². The van der Waals surface area contributed by atoms with Crippen molar-refractivity contribution in [3.63, 3.8) is 0 Å². The third-order valence-electron chi connectivity index (χ3n) is 2.43. The molecule has 0 fully saturated rings. The summed E-state index contributed by atoms with van der Waals surface area (Å²) in [6, 6.07) is 0.349. The average Bonchev–Trinajstić information content (AvgIpc) is 2.26. The van der Waals surface area contributed by atoms with Crippen LogP contribution in [-0.2, 0) is 14.2 Å². The van der Waals surface area contributed by atoms with E-state index in [-0.39, 0.29) is 0 Å². The lowest BCUT2D eigenvalue weighted by Crippen LogP contribution is -2.41. The first-order valence-electron chi connectivity index (χ1n) is 5.59. The second kappa shape index (κ2) is 10.4. The van der Waals surface area contributed by atoms with Crippen LogP contribution in [0.5, 0.6) is 0 Å². The van der Waals surface area contributed by atoms with Gasteiger partial charge in [0, 0.05) is 14.2 Å². The molecule has 1 atom stereocenters. The highest BCUT2D eigenvalue weighted by molar-refractivity contribution is 4.68. The largest absolute Gasteiger partial charge is 0.383 e. The molecule has 4 heteroatoms. The van der Waals surface area contributed by atoms with Crippen LogP contribution in [0.3, 0.4) is 0 Å². The molecule has 0 aromatic rings. The third kappa shape index (κ3) is 6.84. The molecule has 0 aliphatic heterocycles. The summed E-state index contributed by atoms with van der Waals surface area (Å²) < 4.78 is 15.6.